The maximum absolute atomic E-state index is 11.9. The highest BCUT2D eigenvalue weighted by Gasteiger charge is 2.16. The van der Waals surface area contributed by atoms with E-state index in [9.17, 15) is 8.42 Å². The third-order valence-corrected chi connectivity index (χ3v) is 4.26. The molecule has 1 aromatic carbocycles. The molecule has 6 heteroatoms. The molecule has 0 spiro atoms. The number of hydrogen-bond donors (Lipinski definition) is 2. The van der Waals surface area contributed by atoms with Crippen LogP contribution in [0.2, 0.25) is 0 Å². The largest absolute Gasteiger partial charge is 0.392 e. The molecule has 5 nitrogen and oxygen atoms in total. The number of sulfonamides is 1. The van der Waals surface area contributed by atoms with Crippen LogP contribution in [0.25, 0.3) is 0 Å². The zero-order valence-corrected chi connectivity index (χ0v) is 11.7. The molecular weight excluding hydrogens is 252 g/mol. The fourth-order valence-corrected chi connectivity index (χ4v) is 2.42. The maximum Gasteiger partial charge on any atom is 0.242 e. The van der Waals surface area contributed by atoms with E-state index in [1.165, 1.54) is 18.4 Å². The molecule has 1 atom stereocenters. The van der Waals surface area contributed by atoms with Gasteiger partial charge in [0.05, 0.1) is 11.0 Å². The molecule has 0 unspecified atom stereocenters. The number of rotatable bonds is 6. The number of nitrogens with zero attached hydrogens (tertiary/aromatic N) is 1. The van der Waals surface area contributed by atoms with Gasteiger partial charge in [-0.2, -0.15) is 0 Å². The molecule has 0 radical (unpaired) electrons. The van der Waals surface area contributed by atoms with Gasteiger partial charge in [0, 0.05) is 27.2 Å². The van der Waals surface area contributed by atoms with Gasteiger partial charge in [0.2, 0.25) is 10.0 Å². The van der Waals surface area contributed by atoms with Crippen LogP contribution in [0.1, 0.15) is 12.5 Å². The van der Waals surface area contributed by atoms with Crippen molar-refractivity contribution in [1.82, 2.24) is 9.62 Å². The van der Waals surface area contributed by atoms with Crippen molar-refractivity contribution in [3.8, 4) is 0 Å². The number of benzene rings is 1. The highest BCUT2D eigenvalue weighted by atomic mass is 32.2. The summed E-state index contributed by atoms with van der Waals surface area (Å²) in [5.74, 6) is 0. The Bertz CT molecular complexity index is 484. The summed E-state index contributed by atoms with van der Waals surface area (Å²) in [6.07, 6.45) is -0.418. The van der Waals surface area contributed by atoms with Gasteiger partial charge in [-0.05, 0) is 24.6 Å². The van der Waals surface area contributed by atoms with E-state index in [1.807, 2.05) is 6.07 Å². The predicted octanol–water partition coefficient (Wildman–Crippen LogP) is 0.407. The Labute approximate surface area is 108 Å². The fraction of sp³-hybridized carbons (Fsp3) is 0.500. The minimum absolute atomic E-state index is 0.281. The van der Waals surface area contributed by atoms with Crippen molar-refractivity contribution in [1.29, 1.82) is 0 Å². The van der Waals surface area contributed by atoms with Crippen LogP contribution in [0.15, 0.2) is 29.2 Å². The first-order valence-corrected chi connectivity index (χ1v) is 7.18. The van der Waals surface area contributed by atoms with E-state index in [2.05, 4.69) is 5.32 Å². The monoisotopic (exact) mass is 272 g/mol. The number of hydrogen-bond acceptors (Lipinski definition) is 4. The molecule has 0 heterocycles. The van der Waals surface area contributed by atoms with Gasteiger partial charge in [0.15, 0.2) is 0 Å². The summed E-state index contributed by atoms with van der Waals surface area (Å²) in [4.78, 5) is 0.281. The van der Waals surface area contributed by atoms with Crippen LogP contribution in [0.3, 0.4) is 0 Å². The lowest BCUT2D eigenvalue weighted by molar-refractivity contribution is 0.191. The van der Waals surface area contributed by atoms with E-state index >= 15 is 0 Å². The summed E-state index contributed by atoms with van der Waals surface area (Å²) < 4.78 is 25.1. The Kier molecular flexibility index (Phi) is 5.28. The van der Waals surface area contributed by atoms with Crippen molar-refractivity contribution in [3.05, 3.63) is 29.8 Å². The predicted molar refractivity (Wildman–Crippen MR) is 70.7 cm³/mol. The normalized spacial score (nSPS) is 13.8. The molecule has 0 saturated carbocycles. The van der Waals surface area contributed by atoms with Gasteiger partial charge >= 0.3 is 0 Å². The first kappa shape index (κ1) is 15.1. The molecule has 0 fully saturated rings. The lowest BCUT2D eigenvalue weighted by Crippen LogP contribution is -2.24. The molecule has 0 aromatic heterocycles. The summed E-state index contributed by atoms with van der Waals surface area (Å²) in [6.45, 7) is 2.70. The maximum atomic E-state index is 11.9. The summed E-state index contributed by atoms with van der Waals surface area (Å²) in [7, 11) is -0.369. The van der Waals surface area contributed by atoms with Gasteiger partial charge < -0.3 is 10.4 Å². The van der Waals surface area contributed by atoms with Crippen molar-refractivity contribution >= 4 is 10.0 Å². The van der Waals surface area contributed by atoms with Crippen LogP contribution in [-0.4, -0.2) is 44.6 Å². The second kappa shape index (κ2) is 6.29. The van der Waals surface area contributed by atoms with Gasteiger partial charge in [-0.3, -0.25) is 0 Å². The van der Waals surface area contributed by atoms with Crippen molar-refractivity contribution in [2.24, 2.45) is 0 Å². The first-order chi connectivity index (χ1) is 8.34. The average Bonchev–Trinajstić information content (AvgIpc) is 2.28. The summed E-state index contributed by atoms with van der Waals surface area (Å²) in [6, 6.07) is 6.79. The van der Waals surface area contributed by atoms with Gasteiger partial charge in [0.1, 0.15) is 0 Å². The molecule has 0 bridgehead atoms. The van der Waals surface area contributed by atoms with Gasteiger partial charge in [-0.15, -0.1) is 0 Å². The minimum atomic E-state index is -3.38. The van der Waals surface area contributed by atoms with E-state index in [4.69, 9.17) is 5.11 Å². The van der Waals surface area contributed by atoms with E-state index < -0.39 is 16.1 Å². The molecular formula is C12H20N2O3S. The SMILES string of the molecule is C[C@H](O)CNCc1cccc(S(=O)(=O)N(C)C)c1. The number of aliphatic hydroxyl groups excluding tert-OH is 1. The smallest absolute Gasteiger partial charge is 0.242 e. The number of aliphatic hydroxyl groups is 1. The quantitative estimate of drug-likeness (QED) is 0.787. The van der Waals surface area contributed by atoms with Crippen molar-refractivity contribution in [2.45, 2.75) is 24.5 Å². The average molecular weight is 272 g/mol. The molecule has 2 N–H and O–H groups in total. The molecule has 0 aliphatic heterocycles. The van der Waals surface area contributed by atoms with E-state index in [1.54, 1.807) is 25.1 Å². The van der Waals surface area contributed by atoms with Crippen LogP contribution < -0.4 is 5.32 Å². The second-order valence-electron chi connectivity index (χ2n) is 4.41. The molecule has 0 saturated heterocycles. The van der Waals surface area contributed by atoms with Crippen LogP contribution in [-0.2, 0) is 16.6 Å². The van der Waals surface area contributed by atoms with E-state index in [-0.39, 0.29) is 4.90 Å². The van der Waals surface area contributed by atoms with E-state index in [0.29, 0.717) is 13.1 Å². The summed E-state index contributed by atoms with van der Waals surface area (Å²) >= 11 is 0. The molecule has 0 aliphatic carbocycles. The van der Waals surface area contributed by atoms with Gasteiger partial charge in [0.25, 0.3) is 0 Å². The van der Waals surface area contributed by atoms with Gasteiger partial charge in [-0.25, -0.2) is 12.7 Å². The topological polar surface area (TPSA) is 69.6 Å². The molecule has 1 rings (SSSR count). The Hall–Kier alpha value is -0.950. The Morgan fingerprint density at radius 2 is 2.06 bits per heavy atom. The summed E-state index contributed by atoms with van der Waals surface area (Å²) in [5, 5.41) is 12.2. The van der Waals surface area contributed by atoms with Crippen molar-refractivity contribution in [2.75, 3.05) is 20.6 Å². The Balaban J connectivity index is 2.80. The molecule has 1 aromatic rings. The molecule has 102 valence electrons. The standard InChI is InChI=1S/C12H20N2O3S/c1-10(15)8-13-9-11-5-4-6-12(7-11)18(16,17)14(2)3/h4-7,10,13,15H,8-9H2,1-3H3/t10-/m0/s1. The number of nitrogens with one attached hydrogen (secondary N) is 1. The highest BCUT2D eigenvalue weighted by Crippen LogP contribution is 2.14. The molecule has 0 amide bonds. The molecule has 18 heavy (non-hydrogen) atoms. The summed E-state index contributed by atoms with van der Waals surface area (Å²) in [5.41, 5.74) is 0.874. The third kappa shape index (κ3) is 4.06. The third-order valence-electron chi connectivity index (χ3n) is 2.45. The first-order valence-electron chi connectivity index (χ1n) is 5.74. The Morgan fingerprint density at radius 3 is 2.61 bits per heavy atom. The highest BCUT2D eigenvalue weighted by molar-refractivity contribution is 7.89. The van der Waals surface area contributed by atoms with Crippen LogP contribution in [0.5, 0.6) is 0 Å². The Morgan fingerprint density at radius 1 is 1.39 bits per heavy atom. The van der Waals surface area contributed by atoms with Gasteiger partial charge in [-0.1, -0.05) is 12.1 Å². The molecule has 0 aliphatic rings. The minimum Gasteiger partial charge on any atom is -0.392 e. The van der Waals surface area contributed by atoms with Crippen molar-refractivity contribution < 1.29 is 13.5 Å². The van der Waals surface area contributed by atoms with E-state index in [0.717, 1.165) is 5.56 Å². The lowest BCUT2D eigenvalue weighted by atomic mass is 10.2. The van der Waals surface area contributed by atoms with Crippen LogP contribution >= 0.6 is 0 Å². The zero-order chi connectivity index (χ0) is 13.8. The fourth-order valence-electron chi connectivity index (χ4n) is 1.45. The van der Waals surface area contributed by atoms with Crippen LogP contribution in [0.4, 0.5) is 0 Å². The van der Waals surface area contributed by atoms with Crippen LogP contribution in [0, 0.1) is 0 Å². The lowest BCUT2D eigenvalue weighted by Gasteiger charge is -2.12. The zero-order valence-electron chi connectivity index (χ0n) is 10.9. The second-order valence-corrected chi connectivity index (χ2v) is 6.57. The van der Waals surface area contributed by atoms with Crippen molar-refractivity contribution in [3.63, 3.8) is 0 Å².